The molecule has 1 atom stereocenters. The molecular weight excluding hydrogens is 269 g/mol. The highest BCUT2D eigenvalue weighted by atomic mass is 35.5. The van der Waals surface area contributed by atoms with Gasteiger partial charge in [0, 0.05) is 17.0 Å². The summed E-state index contributed by atoms with van der Waals surface area (Å²) in [6.07, 6.45) is 1.37. The molecule has 0 bridgehead atoms. The van der Waals surface area contributed by atoms with Gasteiger partial charge < -0.3 is 5.73 Å². The van der Waals surface area contributed by atoms with E-state index in [1.165, 1.54) is 0 Å². The van der Waals surface area contributed by atoms with E-state index >= 15 is 0 Å². The molecule has 1 unspecified atom stereocenters. The van der Waals surface area contributed by atoms with E-state index < -0.39 is 0 Å². The maximum Gasteiger partial charge on any atom is 0.164 e. The molecule has 0 spiro atoms. The van der Waals surface area contributed by atoms with Crippen LogP contribution < -0.4 is 5.73 Å². The molecule has 0 aromatic heterocycles. The molecule has 1 aromatic carbocycles. The smallest absolute Gasteiger partial charge is 0.164 e. The van der Waals surface area contributed by atoms with Crippen LogP contribution in [0.4, 0.5) is 0 Å². The van der Waals surface area contributed by atoms with Crippen molar-refractivity contribution >= 4 is 29.0 Å². The number of hydrogen-bond acceptors (Lipinski definition) is 2. The average molecular weight is 288 g/mol. The van der Waals surface area contributed by atoms with Gasteiger partial charge >= 0.3 is 0 Å². The molecule has 0 aliphatic heterocycles. The number of rotatable bonds is 6. The van der Waals surface area contributed by atoms with Crippen molar-refractivity contribution in [2.24, 2.45) is 17.6 Å². The predicted molar refractivity (Wildman–Crippen MR) is 77.4 cm³/mol. The minimum Gasteiger partial charge on any atom is -0.330 e. The van der Waals surface area contributed by atoms with Gasteiger partial charge in [-0.3, -0.25) is 4.79 Å². The third-order valence-electron chi connectivity index (χ3n) is 2.84. The summed E-state index contributed by atoms with van der Waals surface area (Å²) >= 11 is 11.9. The van der Waals surface area contributed by atoms with Gasteiger partial charge in [-0.05, 0) is 43.0 Å². The van der Waals surface area contributed by atoms with Crippen molar-refractivity contribution in [1.29, 1.82) is 0 Å². The Morgan fingerprint density at radius 2 is 2.00 bits per heavy atom. The standard InChI is InChI=1S/C14H19Cl2NO/c1-9(2)5-10(8-17)6-14(18)12-7-11(15)3-4-13(12)16/h3-4,7,9-10H,5-6,8,17H2,1-2H3. The van der Waals surface area contributed by atoms with Crippen molar-refractivity contribution < 1.29 is 4.79 Å². The predicted octanol–water partition coefficient (Wildman–Crippen LogP) is 4.19. The van der Waals surface area contributed by atoms with Crippen molar-refractivity contribution in [2.75, 3.05) is 6.54 Å². The second-order valence-electron chi connectivity index (χ2n) is 4.98. The number of Topliss-reactive ketones (excluding diaryl/α,β-unsaturated/α-hetero) is 1. The molecule has 2 N–H and O–H groups in total. The van der Waals surface area contributed by atoms with Crippen LogP contribution in [0.1, 0.15) is 37.0 Å². The van der Waals surface area contributed by atoms with Gasteiger partial charge in [0.05, 0.1) is 5.02 Å². The Morgan fingerprint density at radius 1 is 1.33 bits per heavy atom. The van der Waals surface area contributed by atoms with Gasteiger partial charge in [-0.2, -0.15) is 0 Å². The van der Waals surface area contributed by atoms with Crippen molar-refractivity contribution in [3.05, 3.63) is 33.8 Å². The summed E-state index contributed by atoms with van der Waals surface area (Å²) in [7, 11) is 0. The maximum atomic E-state index is 12.2. The summed E-state index contributed by atoms with van der Waals surface area (Å²) in [6.45, 7) is 4.76. The first-order chi connectivity index (χ1) is 8.43. The lowest BCUT2D eigenvalue weighted by Crippen LogP contribution is -2.20. The lowest BCUT2D eigenvalue weighted by molar-refractivity contribution is 0.0957. The van der Waals surface area contributed by atoms with E-state index in [-0.39, 0.29) is 11.7 Å². The largest absolute Gasteiger partial charge is 0.330 e. The van der Waals surface area contributed by atoms with Crippen molar-refractivity contribution in [3.63, 3.8) is 0 Å². The highest BCUT2D eigenvalue weighted by molar-refractivity contribution is 6.35. The molecule has 1 aromatic rings. The van der Waals surface area contributed by atoms with Crippen LogP contribution in [-0.2, 0) is 0 Å². The van der Waals surface area contributed by atoms with Gasteiger partial charge in [-0.1, -0.05) is 37.0 Å². The first kappa shape index (κ1) is 15.5. The topological polar surface area (TPSA) is 43.1 Å². The summed E-state index contributed by atoms with van der Waals surface area (Å²) in [6, 6.07) is 4.95. The van der Waals surface area contributed by atoms with Crippen LogP contribution in [0.15, 0.2) is 18.2 Å². The van der Waals surface area contributed by atoms with Crippen molar-refractivity contribution in [3.8, 4) is 0 Å². The second kappa shape index (κ2) is 7.13. The number of nitrogens with two attached hydrogens (primary N) is 1. The molecule has 0 fully saturated rings. The molecule has 0 radical (unpaired) electrons. The molecule has 0 amide bonds. The number of halogens is 2. The maximum absolute atomic E-state index is 12.2. The molecule has 4 heteroatoms. The highest BCUT2D eigenvalue weighted by Gasteiger charge is 2.17. The lowest BCUT2D eigenvalue weighted by atomic mass is 9.91. The van der Waals surface area contributed by atoms with E-state index in [1.54, 1.807) is 18.2 Å². The van der Waals surface area contributed by atoms with Gasteiger partial charge in [-0.15, -0.1) is 0 Å². The Balaban J connectivity index is 2.77. The lowest BCUT2D eigenvalue weighted by Gasteiger charge is -2.16. The van der Waals surface area contributed by atoms with Crippen LogP contribution in [0, 0.1) is 11.8 Å². The van der Waals surface area contributed by atoms with Crippen molar-refractivity contribution in [1.82, 2.24) is 0 Å². The summed E-state index contributed by atoms with van der Waals surface area (Å²) in [5.41, 5.74) is 6.20. The van der Waals surface area contributed by atoms with Crippen LogP contribution in [0.5, 0.6) is 0 Å². The van der Waals surface area contributed by atoms with Gasteiger partial charge in [0.25, 0.3) is 0 Å². The minimum absolute atomic E-state index is 0.0126. The Hall–Kier alpha value is -0.570. The number of carbonyl (C=O) groups is 1. The highest BCUT2D eigenvalue weighted by Crippen LogP contribution is 2.24. The van der Waals surface area contributed by atoms with Crippen LogP contribution in [0.3, 0.4) is 0 Å². The number of carbonyl (C=O) groups excluding carboxylic acids is 1. The molecule has 100 valence electrons. The zero-order valence-electron chi connectivity index (χ0n) is 10.7. The molecule has 0 aliphatic rings. The summed E-state index contributed by atoms with van der Waals surface area (Å²) in [4.78, 5) is 12.2. The Bertz CT molecular complexity index is 418. The Morgan fingerprint density at radius 3 is 2.56 bits per heavy atom. The van der Waals surface area contributed by atoms with E-state index in [2.05, 4.69) is 13.8 Å². The van der Waals surface area contributed by atoms with Crippen LogP contribution in [0.25, 0.3) is 0 Å². The summed E-state index contributed by atoms with van der Waals surface area (Å²) in [5.74, 6) is 0.743. The average Bonchev–Trinajstić information content (AvgIpc) is 2.30. The van der Waals surface area contributed by atoms with E-state index in [9.17, 15) is 4.79 Å². The third kappa shape index (κ3) is 4.60. The van der Waals surface area contributed by atoms with Gasteiger partial charge in [-0.25, -0.2) is 0 Å². The third-order valence-corrected chi connectivity index (χ3v) is 3.41. The van der Waals surface area contributed by atoms with E-state index in [1.807, 2.05) is 0 Å². The fourth-order valence-electron chi connectivity index (χ4n) is 2.01. The Labute approximate surface area is 118 Å². The molecule has 0 heterocycles. The summed E-state index contributed by atoms with van der Waals surface area (Å²) in [5, 5.41) is 0.973. The van der Waals surface area contributed by atoms with Crippen LogP contribution in [0.2, 0.25) is 10.0 Å². The molecular formula is C14H19Cl2NO. The van der Waals surface area contributed by atoms with E-state index in [4.69, 9.17) is 28.9 Å². The minimum atomic E-state index is 0.0126. The molecule has 1 rings (SSSR count). The van der Waals surface area contributed by atoms with Gasteiger partial charge in [0.2, 0.25) is 0 Å². The zero-order valence-corrected chi connectivity index (χ0v) is 12.3. The van der Waals surface area contributed by atoms with Gasteiger partial charge in [0.1, 0.15) is 0 Å². The first-order valence-electron chi connectivity index (χ1n) is 6.12. The molecule has 2 nitrogen and oxygen atoms in total. The van der Waals surface area contributed by atoms with Crippen molar-refractivity contribution in [2.45, 2.75) is 26.7 Å². The SMILES string of the molecule is CC(C)CC(CN)CC(=O)c1cc(Cl)ccc1Cl. The monoisotopic (exact) mass is 287 g/mol. The molecule has 0 saturated heterocycles. The normalized spacial score (nSPS) is 12.8. The second-order valence-corrected chi connectivity index (χ2v) is 5.83. The quantitative estimate of drug-likeness (QED) is 0.798. The number of hydrogen-bond donors (Lipinski definition) is 1. The molecule has 0 aliphatic carbocycles. The number of ketones is 1. The van der Waals surface area contributed by atoms with Crippen LogP contribution >= 0.6 is 23.2 Å². The summed E-state index contributed by atoms with van der Waals surface area (Å²) < 4.78 is 0. The fraction of sp³-hybridized carbons (Fsp3) is 0.500. The Kier molecular flexibility index (Phi) is 6.13. The van der Waals surface area contributed by atoms with E-state index in [0.717, 1.165) is 6.42 Å². The van der Waals surface area contributed by atoms with Crippen LogP contribution in [-0.4, -0.2) is 12.3 Å². The molecule has 0 saturated carbocycles. The first-order valence-corrected chi connectivity index (χ1v) is 6.88. The number of benzene rings is 1. The van der Waals surface area contributed by atoms with Gasteiger partial charge in [0.15, 0.2) is 5.78 Å². The fourth-order valence-corrected chi connectivity index (χ4v) is 2.41. The molecule has 18 heavy (non-hydrogen) atoms. The van der Waals surface area contributed by atoms with E-state index in [0.29, 0.717) is 34.5 Å². The zero-order chi connectivity index (χ0) is 13.7.